The van der Waals surface area contributed by atoms with E-state index in [0.717, 1.165) is 79.4 Å². The molecule has 0 bridgehead atoms. The smallest absolute Gasteiger partial charge is 0.253 e. The monoisotopic (exact) mass is 553 g/mol. The maximum Gasteiger partial charge on any atom is 0.253 e. The third-order valence-corrected chi connectivity index (χ3v) is 9.06. The molecule has 206 valence electrons. The van der Waals surface area contributed by atoms with Gasteiger partial charge >= 0.3 is 0 Å². The first-order chi connectivity index (χ1) is 19.5. The van der Waals surface area contributed by atoms with Gasteiger partial charge in [0.05, 0.1) is 10.2 Å². The number of amides is 2. The van der Waals surface area contributed by atoms with Crippen LogP contribution in [0.4, 0.5) is 0 Å². The minimum atomic E-state index is -0.0230. The molecule has 7 nitrogen and oxygen atoms in total. The summed E-state index contributed by atoms with van der Waals surface area (Å²) < 4.78 is 0.984. The van der Waals surface area contributed by atoms with Gasteiger partial charge in [0.2, 0.25) is 0 Å². The first-order valence-electron chi connectivity index (χ1n) is 14.1. The molecule has 6 rings (SSSR count). The van der Waals surface area contributed by atoms with Crippen LogP contribution in [0.3, 0.4) is 0 Å². The lowest BCUT2D eigenvalue weighted by Gasteiger charge is -2.32. The molecule has 0 saturated carbocycles. The van der Waals surface area contributed by atoms with Crippen molar-refractivity contribution in [3.05, 3.63) is 89.5 Å². The molecule has 2 fully saturated rings. The molecule has 40 heavy (non-hydrogen) atoms. The number of thiazole rings is 1. The average Bonchev–Trinajstić information content (AvgIpc) is 3.42. The Morgan fingerprint density at radius 2 is 1.57 bits per heavy atom. The number of hydrogen-bond acceptors (Lipinski definition) is 6. The van der Waals surface area contributed by atoms with Crippen LogP contribution in [0.2, 0.25) is 0 Å². The molecule has 0 aliphatic carbocycles. The average molecular weight is 554 g/mol. The van der Waals surface area contributed by atoms with Crippen LogP contribution < -0.4 is 5.32 Å². The van der Waals surface area contributed by atoms with E-state index in [0.29, 0.717) is 11.1 Å². The molecule has 0 radical (unpaired) electrons. The van der Waals surface area contributed by atoms with E-state index in [1.165, 1.54) is 5.56 Å². The van der Waals surface area contributed by atoms with Crippen molar-refractivity contribution in [2.75, 3.05) is 46.3 Å². The normalized spacial score (nSPS) is 17.3. The summed E-state index contributed by atoms with van der Waals surface area (Å²) in [6.07, 6.45) is 1.91. The van der Waals surface area contributed by atoms with Gasteiger partial charge in [0.15, 0.2) is 0 Å². The van der Waals surface area contributed by atoms with Crippen LogP contribution in [0.1, 0.15) is 39.1 Å². The molecule has 3 aromatic carbocycles. The second kappa shape index (κ2) is 11.9. The maximum absolute atomic E-state index is 13.1. The Morgan fingerprint density at radius 3 is 2.30 bits per heavy atom. The van der Waals surface area contributed by atoms with Gasteiger partial charge in [-0.15, -0.1) is 11.3 Å². The van der Waals surface area contributed by atoms with Gasteiger partial charge in [-0.1, -0.05) is 42.5 Å². The van der Waals surface area contributed by atoms with E-state index in [1.54, 1.807) is 11.3 Å². The van der Waals surface area contributed by atoms with Crippen molar-refractivity contribution in [1.29, 1.82) is 0 Å². The highest BCUT2D eigenvalue weighted by atomic mass is 32.1. The molecule has 0 spiro atoms. The van der Waals surface area contributed by atoms with Gasteiger partial charge in [-0.2, -0.15) is 0 Å². The Kier molecular flexibility index (Phi) is 7.91. The summed E-state index contributed by atoms with van der Waals surface area (Å²) in [5.74, 6) is 0.0617. The van der Waals surface area contributed by atoms with Gasteiger partial charge in [-0.3, -0.25) is 14.5 Å². The number of likely N-dealkylation sites (N-methyl/N-ethyl adjacent to an activating group) is 1. The highest BCUT2D eigenvalue weighted by Crippen LogP contribution is 2.31. The Balaban J connectivity index is 1.06. The van der Waals surface area contributed by atoms with E-state index in [1.807, 2.05) is 53.4 Å². The molecule has 0 unspecified atom stereocenters. The minimum Gasteiger partial charge on any atom is -0.349 e. The van der Waals surface area contributed by atoms with E-state index in [4.69, 9.17) is 4.98 Å². The summed E-state index contributed by atoms with van der Waals surface area (Å²) in [7, 11) is 2.08. The van der Waals surface area contributed by atoms with Gasteiger partial charge < -0.3 is 15.1 Å². The summed E-state index contributed by atoms with van der Waals surface area (Å²) in [6.45, 7) is 6.26. The molecule has 2 aliphatic rings. The number of hydrogen-bond donors (Lipinski definition) is 1. The van der Waals surface area contributed by atoms with Gasteiger partial charge in [0.1, 0.15) is 5.01 Å². The van der Waals surface area contributed by atoms with Crippen LogP contribution in [-0.4, -0.2) is 83.9 Å². The van der Waals surface area contributed by atoms with Crippen molar-refractivity contribution >= 4 is 33.4 Å². The summed E-state index contributed by atoms with van der Waals surface area (Å²) in [5, 5.41) is 4.14. The summed E-state index contributed by atoms with van der Waals surface area (Å²) in [6, 6.07) is 24.2. The number of carbonyl (C=O) groups is 2. The quantitative estimate of drug-likeness (QED) is 0.374. The van der Waals surface area contributed by atoms with Gasteiger partial charge in [-0.25, -0.2) is 4.98 Å². The van der Waals surface area contributed by atoms with Crippen molar-refractivity contribution in [1.82, 2.24) is 25.0 Å². The third-order valence-electron chi connectivity index (χ3n) is 7.99. The number of fused-ring (bicyclic) bond motifs is 1. The fraction of sp³-hybridized carbons (Fsp3) is 0.344. The number of piperazine rings is 1. The van der Waals surface area contributed by atoms with E-state index in [-0.39, 0.29) is 17.9 Å². The van der Waals surface area contributed by atoms with Gasteiger partial charge in [0.25, 0.3) is 11.8 Å². The Labute approximate surface area is 239 Å². The number of carbonyl (C=O) groups excluding carboxylic acids is 2. The third kappa shape index (κ3) is 6.09. The Morgan fingerprint density at radius 1 is 0.875 bits per heavy atom. The summed E-state index contributed by atoms with van der Waals surface area (Å²) in [4.78, 5) is 37.4. The largest absolute Gasteiger partial charge is 0.349 e. The number of likely N-dealkylation sites (tertiary alicyclic amines) is 1. The van der Waals surface area contributed by atoms with Crippen molar-refractivity contribution in [3.63, 3.8) is 0 Å². The fourth-order valence-corrected chi connectivity index (χ4v) is 6.49. The molecule has 0 atom stereocenters. The lowest BCUT2D eigenvalue weighted by atomic mass is 10.0. The molecule has 8 heteroatoms. The second-order valence-corrected chi connectivity index (χ2v) is 11.9. The van der Waals surface area contributed by atoms with Crippen LogP contribution in [0.5, 0.6) is 0 Å². The molecule has 2 saturated heterocycles. The maximum atomic E-state index is 13.1. The van der Waals surface area contributed by atoms with Crippen molar-refractivity contribution in [3.8, 4) is 10.6 Å². The zero-order valence-electron chi connectivity index (χ0n) is 22.9. The van der Waals surface area contributed by atoms with Crippen molar-refractivity contribution in [2.24, 2.45) is 0 Å². The van der Waals surface area contributed by atoms with Crippen LogP contribution in [0.15, 0.2) is 72.8 Å². The number of piperidine rings is 1. The van der Waals surface area contributed by atoms with Crippen molar-refractivity contribution < 1.29 is 9.59 Å². The molecule has 3 heterocycles. The zero-order valence-corrected chi connectivity index (χ0v) is 23.7. The summed E-state index contributed by atoms with van der Waals surface area (Å²) >= 11 is 1.57. The molecular formula is C32H35N5O2S. The first-order valence-corrected chi connectivity index (χ1v) is 14.9. The second-order valence-electron chi connectivity index (χ2n) is 10.9. The fourth-order valence-electron chi connectivity index (χ4n) is 5.48. The lowest BCUT2D eigenvalue weighted by molar-refractivity contribution is 0.0664. The molecule has 1 N–H and O–H groups in total. The standard InChI is InChI=1S/C32H35N5O2S/c1-35-17-19-37(20-18-35)32(39)25-9-7-24(8-10-25)31-34-28-12-11-26(21-29(28)40-31)30(38)33-27-13-15-36(16-14-27)22-23-5-3-2-4-6-23/h2-12,21,27H,13-20,22H2,1H3,(H,33,38). The van der Waals surface area contributed by atoms with Crippen LogP contribution >= 0.6 is 11.3 Å². The number of benzene rings is 3. The van der Waals surface area contributed by atoms with E-state index in [2.05, 4.69) is 46.4 Å². The van der Waals surface area contributed by atoms with E-state index in [9.17, 15) is 9.59 Å². The predicted molar refractivity (Wildman–Crippen MR) is 161 cm³/mol. The van der Waals surface area contributed by atoms with Crippen molar-refractivity contribution in [2.45, 2.75) is 25.4 Å². The van der Waals surface area contributed by atoms with Crippen LogP contribution in [-0.2, 0) is 6.54 Å². The van der Waals surface area contributed by atoms with E-state index < -0.39 is 0 Å². The zero-order chi connectivity index (χ0) is 27.5. The number of nitrogens with zero attached hydrogens (tertiary/aromatic N) is 4. The molecule has 2 aliphatic heterocycles. The van der Waals surface area contributed by atoms with Crippen LogP contribution in [0, 0.1) is 0 Å². The summed E-state index contributed by atoms with van der Waals surface area (Å²) in [5.41, 5.74) is 4.56. The minimum absolute atomic E-state index is 0.0230. The molecule has 4 aromatic rings. The topological polar surface area (TPSA) is 68.8 Å². The molecule has 2 amide bonds. The molecule has 1 aromatic heterocycles. The Hall–Kier alpha value is -3.59. The number of rotatable bonds is 6. The highest BCUT2D eigenvalue weighted by Gasteiger charge is 2.22. The van der Waals surface area contributed by atoms with Crippen LogP contribution in [0.25, 0.3) is 20.8 Å². The Bertz CT molecular complexity index is 1470. The van der Waals surface area contributed by atoms with E-state index >= 15 is 0 Å². The predicted octanol–water partition coefficient (Wildman–Crippen LogP) is 4.75. The number of aromatic nitrogens is 1. The highest BCUT2D eigenvalue weighted by molar-refractivity contribution is 7.21. The number of nitrogens with one attached hydrogen (secondary N) is 1. The first kappa shape index (κ1) is 26.6. The van der Waals surface area contributed by atoms with Gasteiger partial charge in [-0.05, 0) is 55.8 Å². The SMILES string of the molecule is CN1CCN(C(=O)c2ccc(-c3nc4ccc(C(=O)NC5CCN(Cc6ccccc6)CC5)cc4s3)cc2)CC1. The molecular weight excluding hydrogens is 518 g/mol. The van der Waals surface area contributed by atoms with Gasteiger partial charge in [0, 0.05) is 68.5 Å². The lowest BCUT2D eigenvalue weighted by Crippen LogP contribution is -2.47.